The highest BCUT2D eigenvalue weighted by Crippen LogP contribution is 2.47. The molecule has 0 aliphatic heterocycles. The van der Waals surface area contributed by atoms with Gasteiger partial charge in [0.05, 0.1) is 33.1 Å². The Morgan fingerprint density at radius 1 is 0.245 bits per heavy atom. The number of fused-ring (bicyclic) bond motifs is 13. The second-order valence-electron chi connectivity index (χ2n) is 14.2. The first-order valence-electron chi connectivity index (χ1n) is 18.3. The van der Waals surface area contributed by atoms with E-state index < -0.39 is 0 Å². The topological polar surface area (TPSA) is 14.8 Å². The molecule has 0 amide bonds. The molecule has 0 unspecified atom stereocenters. The minimum absolute atomic E-state index is 1.15. The number of rotatable bonds is 3. The van der Waals surface area contributed by atoms with Gasteiger partial charge in [-0.05, 0) is 94.3 Å². The fraction of sp³-hybridized carbons (Fsp3) is 0. The van der Waals surface area contributed by atoms with E-state index in [0.29, 0.717) is 0 Å². The molecule has 3 heterocycles. The lowest BCUT2D eigenvalue weighted by Gasteiger charge is -2.11. The molecule has 0 saturated heterocycles. The van der Waals surface area contributed by atoms with Crippen molar-refractivity contribution >= 4 is 87.0 Å². The predicted octanol–water partition coefficient (Wildman–Crippen LogP) is 13.3. The number of benzene rings is 9. The van der Waals surface area contributed by atoms with E-state index in [0.717, 1.165) is 17.1 Å². The lowest BCUT2D eigenvalue weighted by atomic mass is 10.0. The predicted molar refractivity (Wildman–Crippen MR) is 224 cm³/mol. The first-order chi connectivity index (χ1) is 26.3. The largest absolute Gasteiger partial charge is 0.309 e. The molecule has 0 aliphatic carbocycles. The van der Waals surface area contributed by atoms with Crippen LogP contribution in [0.15, 0.2) is 188 Å². The van der Waals surface area contributed by atoms with E-state index >= 15 is 0 Å². The molecule has 0 fully saturated rings. The average Bonchev–Trinajstić information content (AvgIpc) is 3.85. The monoisotopic (exact) mass is 673 g/mol. The summed E-state index contributed by atoms with van der Waals surface area (Å²) in [6.07, 6.45) is 0. The van der Waals surface area contributed by atoms with Crippen LogP contribution in [0, 0.1) is 0 Å². The van der Waals surface area contributed by atoms with Gasteiger partial charge in [-0.15, -0.1) is 0 Å². The van der Waals surface area contributed by atoms with E-state index in [2.05, 4.69) is 202 Å². The molecule has 53 heavy (non-hydrogen) atoms. The van der Waals surface area contributed by atoms with Crippen LogP contribution in [0.25, 0.3) is 104 Å². The summed E-state index contributed by atoms with van der Waals surface area (Å²) < 4.78 is 7.49. The van der Waals surface area contributed by atoms with Crippen LogP contribution < -0.4 is 0 Å². The van der Waals surface area contributed by atoms with Crippen LogP contribution in [0.5, 0.6) is 0 Å². The third-order valence-electron chi connectivity index (χ3n) is 11.3. The van der Waals surface area contributed by atoms with Gasteiger partial charge in [-0.3, -0.25) is 0 Å². The summed E-state index contributed by atoms with van der Waals surface area (Å²) in [5.74, 6) is 0. The van der Waals surface area contributed by atoms with Gasteiger partial charge in [-0.1, -0.05) is 115 Å². The molecule has 0 bridgehead atoms. The smallest absolute Gasteiger partial charge is 0.0642 e. The highest BCUT2D eigenvalue weighted by Gasteiger charge is 2.25. The highest BCUT2D eigenvalue weighted by molar-refractivity contribution is 6.33. The Balaban J connectivity index is 1.40. The van der Waals surface area contributed by atoms with Crippen LogP contribution in [0.4, 0.5) is 0 Å². The molecule has 3 heteroatoms. The number of para-hydroxylation sites is 3. The van der Waals surface area contributed by atoms with Crippen molar-refractivity contribution < 1.29 is 0 Å². The second-order valence-corrected chi connectivity index (χ2v) is 14.2. The standard InChI is InChI=1S/C50H31N3/c1-4-18-36(19-5-1)51-43-26-24-39-41-28-32-14-10-12-16-34(32)30-45(41)52(37-20-6-2-7-21-37)49(39)47(43)48-44(51)27-25-40-42-29-33-15-11-13-17-35(33)31-46(42)53(50(40)48)38-22-8-3-9-23-38/h1-31H. The van der Waals surface area contributed by atoms with Gasteiger partial charge in [0.25, 0.3) is 0 Å². The minimum atomic E-state index is 1.15. The van der Waals surface area contributed by atoms with Crippen LogP contribution in [0.2, 0.25) is 0 Å². The third-order valence-corrected chi connectivity index (χ3v) is 11.3. The molecule has 0 spiro atoms. The molecule has 3 nitrogen and oxygen atoms in total. The second kappa shape index (κ2) is 10.7. The van der Waals surface area contributed by atoms with E-state index in [9.17, 15) is 0 Å². The maximum Gasteiger partial charge on any atom is 0.0642 e. The summed E-state index contributed by atoms with van der Waals surface area (Å²) in [5, 5.41) is 12.5. The molecular formula is C50H31N3. The van der Waals surface area contributed by atoms with Gasteiger partial charge in [0.1, 0.15) is 0 Å². The van der Waals surface area contributed by atoms with Crippen molar-refractivity contribution in [2.75, 3.05) is 0 Å². The van der Waals surface area contributed by atoms with E-state index in [1.54, 1.807) is 0 Å². The van der Waals surface area contributed by atoms with Crippen molar-refractivity contribution in [2.24, 2.45) is 0 Å². The Bertz CT molecular complexity index is 3210. The molecule has 0 radical (unpaired) electrons. The summed E-state index contributed by atoms with van der Waals surface area (Å²) >= 11 is 0. The zero-order valence-corrected chi connectivity index (χ0v) is 28.7. The summed E-state index contributed by atoms with van der Waals surface area (Å²) in [5.41, 5.74) is 10.7. The Labute approximate surface area is 304 Å². The van der Waals surface area contributed by atoms with Crippen molar-refractivity contribution in [1.29, 1.82) is 0 Å². The Morgan fingerprint density at radius 3 is 0.981 bits per heavy atom. The van der Waals surface area contributed by atoms with Gasteiger partial charge in [0.15, 0.2) is 0 Å². The Kier molecular flexibility index (Phi) is 5.77. The summed E-state index contributed by atoms with van der Waals surface area (Å²) in [6, 6.07) is 69.0. The molecule has 12 rings (SSSR count). The number of aromatic nitrogens is 3. The molecule has 246 valence electrons. The maximum absolute atomic E-state index is 2.51. The summed E-state index contributed by atoms with van der Waals surface area (Å²) in [4.78, 5) is 0. The molecular weight excluding hydrogens is 643 g/mol. The quantitative estimate of drug-likeness (QED) is 0.177. The maximum atomic E-state index is 2.51. The van der Waals surface area contributed by atoms with Crippen molar-refractivity contribution in [1.82, 2.24) is 13.7 Å². The zero-order valence-electron chi connectivity index (χ0n) is 28.7. The van der Waals surface area contributed by atoms with Gasteiger partial charge in [0, 0.05) is 49.4 Å². The van der Waals surface area contributed by atoms with Gasteiger partial charge in [0.2, 0.25) is 0 Å². The third kappa shape index (κ3) is 3.94. The van der Waals surface area contributed by atoms with E-state index in [-0.39, 0.29) is 0 Å². The molecule has 0 N–H and O–H groups in total. The van der Waals surface area contributed by atoms with Crippen LogP contribution >= 0.6 is 0 Å². The van der Waals surface area contributed by atoms with Crippen LogP contribution in [-0.2, 0) is 0 Å². The normalized spacial score (nSPS) is 12.2. The van der Waals surface area contributed by atoms with E-state index in [1.165, 1.54) is 87.0 Å². The fourth-order valence-electron chi connectivity index (χ4n) is 9.10. The number of hydrogen-bond acceptors (Lipinski definition) is 0. The number of hydrogen-bond donors (Lipinski definition) is 0. The summed E-state index contributed by atoms with van der Waals surface area (Å²) in [7, 11) is 0. The van der Waals surface area contributed by atoms with E-state index in [4.69, 9.17) is 0 Å². The molecule has 9 aromatic carbocycles. The minimum Gasteiger partial charge on any atom is -0.309 e. The van der Waals surface area contributed by atoms with Crippen molar-refractivity contribution in [2.45, 2.75) is 0 Å². The molecule has 0 saturated carbocycles. The van der Waals surface area contributed by atoms with Gasteiger partial charge < -0.3 is 13.7 Å². The number of nitrogens with zero attached hydrogens (tertiary/aromatic N) is 3. The SMILES string of the molecule is c1ccc(-n2c3ccc4c5cc6ccccc6cc5n(-c5ccccc5)c4c3c3c2ccc2c4cc5ccccc5cc4n(-c4ccccc4)c23)cc1. The molecule has 3 aromatic heterocycles. The molecule has 0 aliphatic rings. The fourth-order valence-corrected chi connectivity index (χ4v) is 9.10. The van der Waals surface area contributed by atoms with Crippen LogP contribution in [-0.4, -0.2) is 13.7 Å². The van der Waals surface area contributed by atoms with Crippen LogP contribution in [0.1, 0.15) is 0 Å². The van der Waals surface area contributed by atoms with Crippen LogP contribution in [0.3, 0.4) is 0 Å². The first kappa shape index (κ1) is 28.6. The lowest BCUT2D eigenvalue weighted by molar-refractivity contribution is 1.17. The van der Waals surface area contributed by atoms with Gasteiger partial charge in [-0.25, -0.2) is 0 Å². The Morgan fingerprint density at radius 2 is 0.585 bits per heavy atom. The lowest BCUT2D eigenvalue weighted by Crippen LogP contribution is -1.95. The van der Waals surface area contributed by atoms with Crippen molar-refractivity contribution in [3.63, 3.8) is 0 Å². The molecule has 0 atom stereocenters. The summed E-state index contributed by atoms with van der Waals surface area (Å²) in [6.45, 7) is 0. The van der Waals surface area contributed by atoms with E-state index in [1.807, 2.05) is 0 Å². The highest BCUT2D eigenvalue weighted by atomic mass is 15.0. The Hall–Kier alpha value is -7.10. The molecule has 12 aromatic rings. The van der Waals surface area contributed by atoms with Gasteiger partial charge in [-0.2, -0.15) is 0 Å². The first-order valence-corrected chi connectivity index (χ1v) is 18.3. The van der Waals surface area contributed by atoms with Gasteiger partial charge >= 0.3 is 0 Å². The van der Waals surface area contributed by atoms with Crippen molar-refractivity contribution in [3.8, 4) is 17.1 Å². The average molecular weight is 674 g/mol. The van der Waals surface area contributed by atoms with Crippen molar-refractivity contribution in [3.05, 3.63) is 188 Å². The zero-order chi connectivity index (χ0) is 34.6.